The molecule has 0 amide bonds. The molecule has 1 aliphatic rings. The Morgan fingerprint density at radius 2 is 2.27 bits per heavy atom. The van der Waals surface area contributed by atoms with Crippen LogP contribution in [-0.4, -0.2) is 44.9 Å². The Labute approximate surface area is 128 Å². The molecule has 1 aromatic heterocycles. The van der Waals surface area contributed by atoms with E-state index in [0.717, 1.165) is 35.5 Å². The number of aliphatic carboxylic acids is 1. The Kier molecular flexibility index (Phi) is 3.66. The van der Waals surface area contributed by atoms with E-state index in [4.69, 9.17) is 10.8 Å². The number of rotatable bonds is 4. The SMILES string of the molecule is Cn1c(CCC(=O)O)nc2cc(N3CC[C@@H](O)C3)c(N)cc21. The fraction of sp³-hybridized carbons (Fsp3) is 0.467. The van der Waals surface area contributed by atoms with Crippen molar-refractivity contribution >= 4 is 28.4 Å². The van der Waals surface area contributed by atoms with Gasteiger partial charge in [0.2, 0.25) is 0 Å². The number of nitrogen functional groups attached to an aromatic ring is 1. The van der Waals surface area contributed by atoms with Gasteiger partial charge in [-0.15, -0.1) is 0 Å². The van der Waals surface area contributed by atoms with Crippen LogP contribution in [0.3, 0.4) is 0 Å². The van der Waals surface area contributed by atoms with Gasteiger partial charge in [0.05, 0.1) is 34.9 Å². The number of carbonyl (C=O) groups is 1. The van der Waals surface area contributed by atoms with E-state index in [1.807, 2.05) is 23.7 Å². The molecule has 2 aromatic rings. The zero-order valence-corrected chi connectivity index (χ0v) is 12.5. The molecule has 1 fully saturated rings. The summed E-state index contributed by atoms with van der Waals surface area (Å²) in [5.74, 6) is -0.103. The van der Waals surface area contributed by atoms with Crippen molar-refractivity contribution in [2.45, 2.75) is 25.4 Å². The molecule has 1 aromatic carbocycles. The Hall–Kier alpha value is -2.28. The lowest BCUT2D eigenvalue weighted by atomic mass is 10.2. The van der Waals surface area contributed by atoms with E-state index < -0.39 is 5.97 Å². The number of aliphatic hydroxyl groups is 1. The Balaban J connectivity index is 1.97. The number of aromatic nitrogens is 2. The average Bonchev–Trinajstić information content (AvgIpc) is 3.01. The van der Waals surface area contributed by atoms with Crippen LogP contribution in [0.5, 0.6) is 0 Å². The molecule has 2 heterocycles. The summed E-state index contributed by atoms with van der Waals surface area (Å²) in [5.41, 5.74) is 9.37. The van der Waals surface area contributed by atoms with Gasteiger partial charge in [0.25, 0.3) is 0 Å². The first-order valence-electron chi connectivity index (χ1n) is 7.35. The van der Waals surface area contributed by atoms with Gasteiger partial charge in [-0.3, -0.25) is 4.79 Å². The minimum atomic E-state index is -0.835. The molecule has 22 heavy (non-hydrogen) atoms. The molecule has 1 saturated heterocycles. The number of carboxylic acid groups (broad SMARTS) is 1. The van der Waals surface area contributed by atoms with E-state index >= 15 is 0 Å². The number of carboxylic acids is 1. The second-order valence-corrected chi connectivity index (χ2v) is 5.77. The Bertz CT molecular complexity index is 725. The summed E-state index contributed by atoms with van der Waals surface area (Å²) in [7, 11) is 1.87. The van der Waals surface area contributed by atoms with Crippen molar-refractivity contribution < 1.29 is 15.0 Å². The third-order valence-electron chi connectivity index (χ3n) is 4.19. The molecule has 1 aliphatic heterocycles. The Morgan fingerprint density at radius 1 is 1.50 bits per heavy atom. The third kappa shape index (κ3) is 2.59. The highest BCUT2D eigenvalue weighted by Gasteiger charge is 2.23. The lowest BCUT2D eigenvalue weighted by molar-refractivity contribution is -0.137. The number of nitrogens with two attached hydrogens (primary N) is 1. The first-order valence-corrected chi connectivity index (χ1v) is 7.35. The molecule has 0 spiro atoms. The standard InChI is InChI=1S/C15H20N4O3/c1-18-13-6-10(16)12(19-5-4-9(20)8-19)7-11(13)17-14(18)2-3-15(21)22/h6-7,9,20H,2-5,8,16H2,1H3,(H,21,22)/t9-/m1/s1. The summed E-state index contributed by atoms with van der Waals surface area (Å²) >= 11 is 0. The highest BCUT2D eigenvalue weighted by Crippen LogP contribution is 2.31. The molecule has 4 N–H and O–H groups in total. The number of hydrogen-bond acceptors (Lipinski definition) is 5. The average molecular weight is 304 g/mol. The van der Waals surface area contributed by atoms with Crippen LogP contribution in [0.25, 0.3) is 11.0 Å². The Morgan fingerprint density at radius 3 is 2.91 bits per heavy atom. The number of fused-ring (bicyclic) bond motifs is 1. The lowest BCUT2D eigenvalue weighted by Gasteiger charge is -2.19. The molecule has 0 unspecified atom stereocenters. The van der Waals surface area contributed by atoms with Gasteiger partial charge < -0.3 is 25.4 Å². The quantitative estimate of drug-likeness (QED) is 0.720. The molecule has 3 rings (SSSR count). The van der Waals surface area contributed by atoms with Crippen LogP contribution in [0.4, 0.5) is 11.4 Å². The second kappa shape index (κ2) is 5.49. The van der Waals surface area contributed by atoms with Crippen molar-refractivity contribution in [1.82, 2.24) is 9.55 Å². The van der Waals surface area contributed by atoms with Crippen molar-refractivity contribution in [3.05, 3.63) is 18.0 Å². The molecular formula is C15H20N4O3. The van der Waals surface area contributed by atoms with Gasteiger partial charge in [0.15, 0.2) is 0 Å². The third-order valence-corrected chi connectivity index (χ3v) is 4.19. The number of β-amino-alcohol motifs (C(OH)–C–C–N with tert-alkyl or cyclic N) is 1. The predicted molar refractivity (Wildman–Crippen MR) is 83.9 cm³/mol. The second-order valence-electron chi connectivity index (χ2n) is 5.77. The van der Waals surface area contributed by atoms with Crippen molar-refractivity contribution in [2.24, 2.45) is 7.05 Å². The lowest BCUT2D eigenvalue weighted by Crippen LogP contribution is -2.22. The van der Waals surface area contributed by atoms with Gasteiger partial charge in [-0.05, 0) is 18.6 Å². The number of imidazole rings is 1. The summed E-state index contributed by atoms with van der Waals surface area (Å²) in [6.07, 6.45) is 0.865. The number of hydrogen-bond donors (Lipinski definition) is 3. The first-order chi connectivity index (χ1) is 10.5. The molecule has 7 heteroatoms. The highest BCUT2D eigenvalue weighted by atomic mass is 16.4. The summed E-state index contributed by atoms with van der Waals surface area (Å²) in [4.78, 5) is 17.3. The molecule has 118 valence electrons. The normalized spacial score (nSPS) is 18.3. The molecule has 0 saturated carbocycles. The van der Waals surface area contributed by atoms with Crippen LogP contribution in [0, 0.1) is 0 Å². The number of aliphatic hydroxyl groups excluding tert-OH is 1. The maximum atomic E-state index is 10.7. The topological polar surface area (TPSA) is 105 Å². The number of nitrogens with zero attached hydrogens (tertiary/aromatic N) is 3. The van der Waals surface area contributed by atoms with Crippen molar-refractivity contribution in [1.29, 1.82) is 0 Å². The van der Waals surface area contributed by atoms with E-state index in [1.165, 1.54) is 0 Å². The molecule has 0 radical (unpaired) electrons. The van der Waals surface area contributed by atoms with Gasteiger partial charge in [0, 0.05) is 26.6 Å². The monoisotopic (exact) mass is 304 g/mol. The van der Waals surface area contributed by atoms with Crippen molar-refractivity contribution in [3.8, 4) is 0 Å². The number of benzene rings is 1. The van der Waals surface area contributed by atoms with E-state index in [9.17, 15) is 9.90 Å². The van der Waals surface area contributed by atoms with Gasteiger partial charge in [-0.2, -0.15) is 0 Å². The number of aryl methyl sites for hydroxylation is 2. The van der Waals surface area contributed by atoms with Crippen LogP contribution in [0.2, 0.25) is 0 Å². The smallest absolute Gasteiger partial charge is 0.303 e. The summed E-state index contributed by atoms with van der Waals surface area (Å²) < 4.78 is 1.89. The zero-order valence-electron chi connectivity index (χ0n) is 12.5. The van der Waals surface area contributed by atoms with Crippen LogP contribution in [-0.2, 0) is 18.3 Å². The minimum absolute atomic E-state index is 0.0534. The molecule has 7 nitrogen and oxygen atoms in total. The predicted octanol–water partition coefficient (Wildman–Crippen LogP) is 0.744. The van der Waals surface area contributed by atoms with E-state index in [0.29, 0.717) is 18.7 Å². The highest BCUT2D eigenvalue weighted by molar-refractivity contribution is 5.88. The van der Waals surface area contributed by atoms with Crippen molar-refractivity contribution in [3.63, 3.8) is 0 Å². The summed E-state index contributed by atoms with van der Waals surface area (Å²) in [5, 5.41) is 18.5. The fourth-order valence-corrected chi connectivity index (χ4v) is 2.97. The van der Waals surface area contributed by atoms with Crippen LogP contribution < -0.4 is 10.6 Å². The largest absolute Gasteiger partial charge is 0.481 e. The summed E-state index contributed by atoms with van der Waals surface area (Å²) in [6.45, 7) is 1.35. The van der Waals surface area contributed by atoms with Crippen LogP contribution in [0.15, 0.2) is 12.1 Å². The van der Waals surface area contributed by atoms with Gasteiger partial charge in [-0.1, -0.05) is 0 Å². The molecule has 0 aliphatic carbocycles. The molecule has 1 atom stereocenters. The van der Waals surface area contributed by atoms with Crippen LogP contribution in [0.1, 0.15) is 18.7 Å². The van der Waals surface area contributed by atoms with Gasteiger partial charge in [0.1, 0.15) is 5.82 Å². The van der Waals surface area contributed by atoms with E-state index in [2.05, 4.69) is 9.88 Å². The van der Waals surface area contributed by atoms with Gasteiger partial charge >= 0.3 is 5.97 Å². The fourth-order valence-electron chi connectivity index (χ4n) is 2.97. The minimum Gasteiger partial charge on any atom is -0.481 e. The maximum Gasteiger partial charge on any atom is 0.303 e. The first kappa shape index (κ1) is 14.6. The zero-order chi connectivity index (χ0) is 15.9. The van der Waals surface area contributed by atoms with Gasteiger partial charge in [-0.25, -0.2) is 4.98 Å². The molecular weight excluding hydrogens is 284 g/mol. The summed E-state index contributed by atoms with van der Waals surface area (Å²) in [6, 6.07) is 3.79. The van der Waals surface area contributed by atoms with Crippen LogP contribution >= 0.6 is 0 Å². The van der Waals surface area contributed by atoms with E-state index in [1.54, 1.807) is 0 Å². The van der Waals surface area contributed by atoms with E-state index in [-0.39, 0.29) is 12.5 Å². The molecule has 0 bridgehead atoms. The maximum absolute atomic E-state index is 10.7. The number of anilines is 2. The van der Waals surface area contributed by atoms with Crippen molar-refractivity contribution in [2.75, 3.05) is 23.7 Å².